The Labute approximate surface area is 156 Å². The first-order valence-corrected chi connectivity index (χ1v) is 8.48. The Morgan fingerprint density at radius 2 is 1.81 bits per heavy atom. The van der Waals surface area contributed by atoms with Crippen molar-refractivity contribution in [3.63, 3.8) is 0 Å². The number of hydrogen-bond acceptors (Lipinski definition) is 6. The lowest BCUT2D eigenvalue weighted by molar-refractivity contribution is -0.121. The first kappa shape index (κ1) is 18.3. The van der Waals surface area contributed by atoms with Gasteiger partial charge in [-0.2, -0.15) is 5.26 Å². The highest BCUT2D eigenvalue weighted by atomic mass is 16.6. The lowest BCUT2D eigenvalue weighted by Crippen LogP contribution is -2.35. The highest BCUT2D eigenvalue weighted by Crippen LogP contribution is 2.34. The molecule has 1 aliphatic heterocycles. The number of benzene rings is 2. The topological polar surface area (TPSA) is 88.9 Å². The van der Waals surface area contributed by atoms with Crippen LogP contribution in [0.4, 0.5) is 5.69 Å². The van der Waals surface area contributed by atoms with Crippen molar-refractivity contribution in [1.82, 2.24) is 0 Å². The highest BCUT2D eigenvalue weighted by Gasteiger charge is 2.21. The molecule has 0 aliphatic carbocycles. The second-order valence-electron chi connectivity index (χ2n) is 5.72. The minimum Gasteiger partial charge on any atom is -0.486 e. The Morgan fingerprint density at radius 3 is 2.56 bits per heavy atom. The second kappa shape index (κ2) is 8.72. The monoisotopic (exact) mass is 366 g/mol. The molecule has 1 aliphatic rings. The summed E-state index contributed by atoms with van der Waals surface area (Å²) in [5.41, 5.74) is 0.920. The van der Waals surface area contributed by atoms with E-state index in [0.29, 0.717) is 36.0 Å². The van der Waals surface area contributed by atoms with Crippen LogP contribution in [0.5, 0.6) is 11.5 Å². The van der Waals surface area contributed by atoms with Gasteiger partial charge in [0.15, 0.2) is 18.1 Å². The van der Waals surface area contributed by atoms with E-state index in [0.717, 1.165) is 0 Å². The second-order valence-corrected chi connectivity index (χ2v) is 5.72. The molecule has 0 aromatic heterocycles. The fourth-order valence-electron chi connectivity index (χ4n) is 2.62. The molecule has 0 fully saturated rings. The molecule has 0 radical (unpaired) electrons. The molecule has 1 amide bonds. The summed E-state index contributed by atoms with van der Waals surface area (Å²) < 4.78 is 16.1. The van der Waals surface area contributed by atoms with Crippen molar-refractivity contribution < 1.29 is 23.8 Å². The molecule has 0 saturated heterocycles. The van der Waals surface area contributed by atoms with Gasteiger partial charge >= 0.3 is 5.97 Å². The zero-order valence-electron chi connectivity index (χ0n) is 14.6. The quantitative estimate of drug-likeness (QED) is 0.730. The van der Waals surface area contributed by atoms with E-state index >= 15 is 0 Å². The van der Waals surface area contributed by atoms with Crippen LogP contribution < -0.4 is 14.4 Å². The Balaban J connectivity index is 1.71. The van der Waals surface area contributed by atoms with Gasteiger partial charge in [0.1, 0.15) is 13.2 Å². The highest BCUT2D eigenvalue weighted by molar-refractivity contribution is 5.97. The van der Waals surface area contributed by atoms with E-state index in [1.54, 1.807) is 48.5 Å². The first-order valence-electron chi connectivity index (χ1n) is 8.48. The summed E-state index contributed by atoms with van der Waals surface area (Å²) in [4.78, 5) is 26.1. The third kappa shape index (κ3) is 4.55. The average molecular weight is 366 g/mol. The Hall–Kier alpha value is -3.53. The number of nitrogens with zero attached hydrogens (tertiary/aromatic N) is 2. The van der Waals surface area contributed by atoms with Gasteiger partial charge in [-0.15, -0.1) is 0 Å². The van der Waals surface area contributed by atoms with Crippen LogP contribution in [0.2, 0.25) is 0 Å². The average Bonchev–Trinajstić information content (AvgIpc) is 2.72. The summed E-state index contributed by atoms with van der Waals surface area (Å²) in [5, 5.41) is 8.88. The molecule has 0 spiro atoms. The lowest BCUT2D eigenvalue weighted by Gasteiger charge is -2.24. The summed E-state index contributed by atoms with van der Waals surface area (Å²) in [6, 6.07) is 15.6. The third-order valence-corrected chi connectivity index (χ3v) is 3.92. The number of carbonyl (C=O) groups is 2. The summed E-state index contributed by atoms with van der Waals surface area (Å²) in [6.45, 7) is 0.654. The normalized spacial score (nSPS) is 12.0. The predicted octanol–water partition coefficient (Wildman–Crippen LogP) is 2.56. The minimum atomic E-state index is -0.577. The van der Waals surface area contributed by atoms with Gasteiger partial charge < -0.3 is 19.1 Å². The van der Waals surface area contributed by atoms with Crippen molar-refractivity contribution in [3.8, 4) is 17.6 Å². The van der Waals surface area contributed by atoms with E-state index in [-0.39, 0.29) is 13.0 Å². The van der Waals surface area contributed by atoms with E-state index in [2.05, 4.69) is 0 Å². The number of nitriles is 1. The van der Waals surface area contributed by atoms with Crippen LogP contribution in [0.25, 0.3) is 0 Å². The van der Waals surface area contributed by atoms with Crippen molar-refractivity contribution in [1.29, 1.82) is 5.26 Å². The van der Waals surface area contributed by atoms with Crippen molar-refractivity contribution in [2.45, 2.75) is 6.42 Å². The minimum absolute atomic E-state index is 0.146. The number of amides is 1. The largest absolute Gasteiger partial charge is 0.486 e. The van der Waals surface area contributed by atoms with Crippen LogP contribution >= 0.6 is 0 Å². The van der Waals surface area contributed by atoms with Gasteiger partial charge in [0, 0.05) is 18.3 Å². The van der Waals surface area contributed by atoms with Crippen molar-refractivity contribution in [2.75, 3.05) is 31.3 Å². The van der Waals surface area contributed by atoms with Crippen LogP contribution in [-0.2, 0) is 9.53 Å². The molecular weight excluding hydrogens is 348 g/mol. The van der Waals surface area contributed by atoms with Crippen molar-refractivity contribution in [3.05, 3.63) is 54.1 Å². The molecule has 0 bridgehead atoms. The molecule has 0 atom stereocenters. The van der Waals surface area contributed by atoms with Crippen LogP contribution in [0.3, 0.4) is 0 Å². The molecule has 7 nitrogen and oxygen atoms in total. The molecular formula is C20H18N2O5. The summed E-state index contributed by atoms with van der Waals surface area (Å²) >= 11 is 0. The Morgan fingerprint density at radius 1 is 1.07 bits per heavy atom. The number of carbonyl (C=O) groups excluding carboxylic acids is 2. The molecule has 27 heavy (non-hydrogen) atoms. The number of anilines is 1. The van der Waals surface area contributed by atoms with Crippen LogP contribution in [0.1, 0.15) is 16.8 Å². The first-order chi connectivity index (χ1) is 13.2. The van der Waals surface area contributed by atoms with Crippen molar-refractivity contribution >= 4 is 17.6 Å². The Kier molecular flexibility index (Phi) is 5.90. The molecule has 138 valence electrons. The van der Waals surface area contributed by atoms with Gasteiger partial charge in [0.25, 0.3) is 5.91 Å². The van der Waals surface area contributed by atoms with Crippen LogP contribution in [0.15, 0.2) is 48.5 Å². The zero-order valence-corrected chi connectivity index (χ0v) is 14.6. The van der Waals surface area contributed by atoms with Crippen molar-refractivity contribution in [2.24, 2.45) is 0 Å². The van der Waals surface area contributed by atoms with E-state index in [1.807, 2.05) is 6.07 Å². The van der Waals surface area contributed by atoms with E-state index in [9.17, 15) is 9.59 Å². The molecule has 0 unspecified atom stereocenters. The van der Waals surface area contributed by atoms with Crippen LogP contribution in [0, 0.1) is 11.3 Å². The molecule has 3 rings (SSSR count). The molecule has 0 N–H and O–H groups in total. The van der Waals surface area contributed by atoms with Gasteiger partial charge in [0.2, 0.25) is 0 Å². The fraction of sp³-hybridized carbons (Fsp3) is 0.250. The van der Waals surface area contributed by atoms with Crippen LogP contribution in [-0.4, -0.2) is 38.2 Å². The number of fused-ring (bicyclic) bond motifs is 1. The summed E-state index contributed by atoms with van der Waals surface area (Å²) in [7, 11) is 0. The lowest BCUT2D eigenvalue weighted by atomic mass is 10.2. The maximum absolute atomic E-state index is 12.6. The molecule has 7 heteroatoms. The molecule has 2 aromatic carbocycles. The fourth-order valence-corrected chi connectivity index (χ4v) is 2.62. The number of esters is 1. The maximum atomic E-state index is 12.6. The smallest absolute Gasteiger partial charge is 0.338 e. The SMILES string of the molecule is N#CCCN(C(=O)COC(=O)c1ccccc1)c1ccc2c(c1)OCCO2. The predicted molar refractivity (Wildman–Crippen MR) is 96.7 cm³/mol. The molecule has 1 heterocycles. The van der Waals surface area contributed by atoms with Gasteiger partial charge in [-0.1, -0.05) is 18.2 Å². The summed E-state index contributed by atoms with van der Waals surface area (Å²) in [6.07, 6.45) is 0.146. The Bertz CT molecular complexity index is 860. The van der Waals surface area contributed by atoms with Gasteiger partial charge in [0.05, 0.1) is 18.1 Å². The maximum Gasteiger partial charge on any atom is 0.338 e. The third-order valence-electron chi connectivity index (χ3n) is 3.92. The van der Waals surface area contributed by atoms with Gasteiger partial charge in [-0.05, 0) is 24.3 Å². The van der Waals surface area contributed by atoms with E-state index < -0.39 is 18.5 Å². The number of hydrogen-bond donors (Lipinski definition) is 0. The standard InChI is InChI=1S/C20H18N2O5/c21-9-4-10-22(16-7-8-17-18(13-16)26-12-11-25-17)19(23)14-27-20(24)15-5-2-1-3-6-15/h1-3,5-8,13H,4,10-12,14H2. The van der Waals surface area contributed by atoms with Gasteiger partial charge in [-0.3, -0.25) is 4.79 Å². The summed E-state index contributed by atoms with van der Waals surface area (Å²) in [5.74, 6) is 0.139. The van der Waals surface area contributed by atoms with Gasteiger partial charge in [-0.25, -0.2) is 4.79 Å². The van der Waals surface area contributed by atoms with E-state index in [1.165, 1.54) is 4.90 Å². The van der Waals surface area contributed by atoms with E-state index in [4.69, 9.17) is 19.5 Å². The molecule has 0 saturated carbocycles. The number of ether oxygens (including phenoxy) is 3. The number of rotatable bonds is 6. The molecule has 2 aromatic rings. The zero-order chi connectivity index (χ0) is 19.1.